The lowest BCUT2D eigenvalue weighted by molar-refractivity contribution is 0.794. The molecule has 0 aliphatic heterocycles. The summed E-state index contributed by atoms with van der Waals surface area (Å²) in [6.07, 6.45) is 0. The number of fused-ring (bicyclic) bond motifs is 10. The fraction of sp³-hybridized carbons (Fsp3) is 0.0204. The SMILES string of the molecule is c1ccc(-c2ccc(N(c3cccc(-c4ccccc4)c3)c3cccc4c3-c3ccccc3C43c4ccccc4-c4ccccc43)cc2)cc1. The van der Waals surface area contributed by atoms with E-state index in [1.54, 1.807) is 0 Å². The lowest BCUT2D eigenvalue weighted by Crippen LogP contribution is -2.26. The third-order valence-electron chi connectivity index (χ3n) is 10.7. The van der Waals surface area contributed by atoms with Gasteiger partial charge in [0.15, 0.2) is 0 Å². The van der Waals surface area contributed by atoms with Crippen molar-refractivity contribution in [1.82, 2.24) is 0 Å². The van der Waals surface area contributed by atoms with Crippen LogP contribution in [0, 0.1) is 0 Å². The van der Waals surface area contributed by atoms with Crippen molar-refractivity contribution in [3.05, 3.63) is 222 Å². The first-order valence-corrected chi connectivity index (χ1v) is 17.4. The number of anilines is 3. The van der Waals surface area contributed by atoms with Gasteiger partial charge in [-0.25, -0.2) is 0 Å². The van der Waals surface area contributed by atoms with Crippen LogP contribution in [-0.4, -0.2) is 0 Å². The van der Waals surface area contributed by atoms with Crippen LogP contribution in [0.25, 0.3) is 44.5 Å². The molecule has 0 unspecified atom stereocenters. The predicted molar refractivity (Wildman–Crippen MR) is 208 cm³/mol. The minimum atomic E-state index is -0.399. The van der Waals surface area contributed by atoms with Crippen molar-refractivity contribution in [2.24, 2.45) is 0 Å². The molecule has 8 aromatic rings. The maximum atomic E-state index is 2.46. The first-order chi connectivity index (χ1) is 24.8. The topological polar surface area (TPSA) is 3.24 Å². The Morgan fingerprint density at radius 1 is 0.300 bits per heavy atom. The van der Waals surface area contributed by atoms with Crippen LogP contribution in [0.5, 0.6) is 0 Å². The lowest BCUT2D eigenvalue weighted by atomic mass is 9.70. The molecule has 0 saturated carbocycles. The molecule has 0 saturated heterocycles. The Hall–Kier alpha value is -6.44. The van der Waals surface area contributed by atoms with Gasteiger partial charge < -0.3 is 4.90 Å². The van der Waals surface area contributed by atoms with Crippen LogP contribution in [0.2, 0.25) is 0 Å². The van der Waals surface area contributed by atoms with Crippen LogP contribution in [0.1, 0.15) is 22.3 Å². The van der Waals surface area contributed by atoms with Crippen LogP contribution in [0.4, 0.5) is 17.1 Å². The lowest BCUT2D eigenvalue weighted by Gasteiger charge is -2.32. The van der Waals surface area contributed by atoms with Gasteiger partial charge in [-0.05, 0) is 91.5 Å². The maximum absolute atomic E-state index is 2.46. The van der Waals surface area contributed by atoms with Gasteiger partial charge in [0.1, 0.15) is 0 Å². The Kier molecular flexibility index (Phi) is 6.47. The molecule has 0 amide bonds. The highest BCUT2D eigenvalue weighted by Crippen LogP contribution is 2.64. The van der Waals surface area contributed by atoms with Gasteiger partial charge in [0.25, 0.3) is 0 Å². The summed E-state index contributed by atoms with van der Waals surface area (Å²) in [4.78, 5) is 2.46. The zero-order valence-electron chi connectivity index (χ0n) is 27.5. The van der Waals surface area contributed by atoms with Gasteiger partial charge in [-0.15, -0.1) is 0 Å². The van der Waals surface area contributed by atoms with Crippen LogP contribution in [-0.2, 0) is 5.41 Å². The van der Waals surface area contributed by atoms with Gasteiger partial charge in [-0.1, -0.05) is 170 Å². The molecule has 2 aliphatic carbocycles. The normalized spacial score (nSPS) is 13.0. The summed E-state index contributed by atoms with van der Waals surface area (Å²) in [5.74, 6) is 0. The second kappa shape index (κ2) is 11.3. The summed E-state index contributed by atoms with van der Waals surface area (Å²) >= 11 is 0. The van der Waals surface area contributed by atoms with E-state index in [0.717, 1.165) is 11.4 Å². The van der Waals surface area contributed by atoms with Gasteiger partial charge in [0, 0.05) is 16.9 Å². The average molecular weight is 636 g/mol. The fourth-order valence-corrected chi connectivity index (χ4v) is 8.63. The highest BCUT2D eigenvalue weighted by molar-refractivity contribution is 6.01. The largest absolute Gasteiger partial charge is 0.310 e. The van der Waals surface area contributed by atoms with E-state index in [1.807, 2.05) is 0 Å². The van der Waals surface area contributed by atoms with Crippen molar-refractivity contribution in [1.29, 1.82) is 0 Å². The van der Waals surface area contributed by atoms with Gasteiger partial charge in [-0.3, -0.25) is 0 Å². The highest BCUT2D eigenvalue weighted by Gasteiger charge is 2.52. The molecule has 8 aromatic carbocycles. The number of benzene rings is 8. The van der Waals surface area contributed by atoms with Gasteiger partial charge >= 0.3 is 0 Å². The summed E-state index contributed by atoms with van der Waals surface area (Å²) in [5, 5.41) is 0. The monoisotopic (exact) mass is 635 g/mol. The third-order valence-corrected chi connectivity index (χ3v) is 10.7. The molecule has 50 heavy (non-hydrogen) atoms. The van der Waals surface area contributed by atoms with Crippen molar-refractivity contribution < 1.29 is 0 Å². The second-order valence-corrected chi connectivity index (χ2v) is 13.3. The van der Waals surface area contributed by atoms with E-state index in [9.17, 15) is 0 Å². The standard InChI is InChI=1S/C49H33N/c1-3-15-34(16-4-1)36-29-31-38(32-30-36)50(39-20-13-19-37(33-39)35-17-5-2-6-18-35)47-28-14-27-46-48(47)42-23-9-12-26-45(42)49(46)43-24-10-7-21-40(43)41-22-8-11-25-44(41)49/h1-33H. The zero-order chi connectivity index (χ0) is 33.1. The fourth-order valence-electron chi connectivity index (χ4n) is 8.63. The molecule has 1 spiro atoms. The molecular formula is C49H33N. The third kappa shape index (κ3) is 4.14. The number of hydrogen-bond acceptors (Lipinski definition) is 1. The predicted octanol–water partition coefficient (Wildman–Crippen LogP) is 12.8. The van der Waals surface area contributed by atoms with Gasteiger partial charge in [0.05, 0.1) is 11.1 Å². The number of rotatable bonds is 5. The van der Waals surface area contributed by atoms with E-state index in [2.05, 4.69) is 205 Å². The molecule has 0 aromatic heterocycles. The molecular weight excluding hydrogens is 603 g/mol. The van der Waals surface area contributed by atoms with Gasteiger partial charge in [0.2, 0.25) is 0 Å². The zero-order valence-corrected chi connectivity index (χ0v) is 27.5. The van der Waals surface area contributed by atoms with Crippen LogP contribution >= 0.6 is 0 Å². The minimum absolute atomic E-state index is 0.399. The molecule has 1 heteroatoms. The Morgan fingerprint density at radius 2 is 0.760 bits per heavy atom. The number of hydrogen-bond donors (Lipinski definition) is 0. The average Bonchev–Trinajstić information content (AvgIpc) is 3.67. The Labute approximate surface area is 293 Å². The quantitative estimate of drug-likeness (QED) is 0.182. The van der Waals surface area contributed by atoms with Crippen molar-refractivity contribution >= 4 is 17.1 Å². The van der Waals surface area contributed by atoms with E-state index in [-0.39, 0.29) is 0 Å². The summed E-state index contributed by atoms with van der Waals surface area (Å²) in [5.41, 5.74) is 18.4. The smallest absolute Gasteiger partial charge is 0.0726 e. The van der Waals surface area contributed by atoms with Crippen molar-refractivity contribution in [3.8, 4) is 44.5 Å². The molecule has 0 fully saturated rings. The molecule has 2 aliphatic rings. The molecule has 1 nitrogen and oxygen atoms in total. The second-order valence-electron chi connectivity index (χ2n) is 13.3. The summed E-state index contributed by atoms with van der Waals surface area (Å²) in [7, 11) is 0. The van der Waals surface area contributed by atoms with Crippen LogP contribution in [0.15, 0.2) is 200 Å². The van der Waals surface area contributed by atoms with Gasteiger partial charge in [-0.2, -0.15) is 0 Å². The van der Waals surface area contributed by atoms with Crippen molar-refractivity contribution in [2.45, 2.75) is 5.41 Å². The highest BCUT2D eigenvalue weighted by atomic mass is 15.1. The number of nitrogens with zero attached hydrogens (tertiary/aromatic N) is 1. The summed E-state index contributed by atoms with van der Waals surface area (Å²) < 4.78 is 0. The van der Waals surface area contributed by atoms with E-state index in [0.29, 0.717) is 0 Å². The van der Waals surface area contributed by atoms with Crippen molar-refractivity contribution in [2.75, 3.05) is 4.90 Å². The van der Waals surface area contributed by atoms with Crippen LogP contribution < -0.4 is 4.90 Å². The van der Waals surface area contributed by atoms with E-state index >= 15 is 0 Å². The van der Waals surface area contributed by atoms with E-state index < -0.39 is 5.41 Å². The Morgan fingerprint density at radius 3 is 1.40 bits per heavy atom. The van der Waals surface area contributed by atoms with Crippen LogP contribution in [0.3, 0.4) is 0 Å². The summed E-state index contributed by atoms with van der Waals surface area (Å²) in [6.45, 7) is 0. The van der Waals surface area contributed by atoms with Crippen molar-refractivity contribution in [3.63, 3.8) is 0 Å². The maximum Gasteiger partial charge on any atom is 0.0726 e. The van der Waals surface area contributed by atoms with E-state index in [4.69, 9.17) is 0 Å². The van der Waals surface area contributed by atoms with E-state index in [1.165, 1.54) is 72.4 Å². The first-order valence-electron chi connectivity index (χ1n) is 17.4. The molecule has 0 heterocycles. The molecule has 10 rings (SSSR count). The Balaban J connectivity index is 1.24. The summed E-state index contributed by atoms with van der Waals surface area (Å²) in [6, 6.07) is 73.4. The molecule has 0 bridgehead atoms. The molecule has 234 valence electrons. The Bertz CT molecular complexity index is 2480. The molecule has 0 radical (unpaired) electrons. The minimum Gasteiger partial charge on any atom is -0.310 e. The molecule has 0 N–H and O–H groups in total. The molecule has 0 atom stereocenters. The first kappa shape index (κ1) is 28.6.